The smallest absolute Gasteiger partial charge is 0.226 e. The maximum absolute atomic E-state index is 11.7. The van der Waals surface area contributed by atoms with Crippen molar-refractivity contribution in [3.05, 3.63) is 42.6 Å². The fourth-order valence-corrected chi connectivity index (χ4v) is 2.80. The molecule has 1 aliphatic rings. The molecule has 0 atom stereocenters. The Balaban J connectivity index is 1.58. The average Bonchev–Trinajstić information content (AvgIpc) is 2.64. The van der Waals surface area contributed by atoms with Crippen LogP contribution < -0.4 is 15.5 Å². The topological polar surface area (TPSA) is 60.5 Å². The molecule has 26 heavy (non-hydrogen) atoms. The first kappa shape index (κ1) is 18.2. The average molecular weight is 353 g/mol. The molecule has 0 aliphatic carbocycles. The van der Waals surface area contributed by atoms with Crippen LogP contribution in [0.5, 0.6) is 0 Å². The summed E-state index contributed by atoms with van der Waals surface area (Å²) in [4.78, 5) is 20.8. The second kappa shape index (κ2) is 8.19. The Morgan fingerprint density at radius 1 is 1.00 bits per heavy atom. The van der Waals surface area contributed by atoms with E-state index in [1.54, 1.807) is 6.20 Å². The van der Waals surface area contributed by atoms with Crippen molar-refractivity contribution in [1.82, 2.24) is 9.88 Å². The summed E-state index contributed by atoms with van der Waals surface area (Å²) in [5.41, 5.74) is 2.96. The van der Waals surface area contributed by atoms with Gasteiger partial charge in [0.15, 0.2) is 0 Å². The van der Waals surface area contributed by atoms with Crippen molar-refractivity contribution in [3.63, 3.8) is 0 Å². The van der Waals surface area contributed by atoms with Crippen LogP contribution in [0.25, 0.3) is 0 Å². The van der Waals surface area contributed by atoms with Gasteiger partial charge in [0.1, 0.15) is 5.82 Å². The molecule has 1 aromatic carbocycles. The van der Waals surface area contributed by atoms with E-state index in [1.807, 2.05) is 26.0 Å². The van der Waals surface area contributed by atoms with E-state index in [1.165, 1.54) is 5.69 Å². The zero-order chi connectivity index (χ0) is 18.5. The number of carbonyl (C=O) groups is 1. The zero-order valence-electron chi connectivity index (χ0n) is 15.7. The van der Waals surface area contributed by atoms with Gasteiger partial charge in [-0.2, -0.15) is 0 Å². The number of carbonyl (C=O) groups excluding carboxylic acids is 1. The number of pyridine rings is 1. The Kier molecular flexibility index (Phi) is 5.73. The predicted octanol–water partition coefficient (Wildman–Crippen LogP) is 3.17. The van der Waals surface area contributed by atoms with Crippen LogP contribution in [0.3, 0.4) is 0 Å². The Labute approximate surface area is 155 Å². The summed E-state index contributed by atoms with van der Waals surface area (Å²) in [7, 11) is 2.16. The highest BCUT2D eigenvalue weighted by atomic mass is 16.1. The molecule has 0 radical (unpaired) electrons. The first-order valence-electron chi connectivity index (χ1n) is 9.09. The molecule has 1 fully saturated rings. The summed E-state index contributed by atoms with van der Waals surface area (Å²) >= 11 is 0. The number of benzene rings is 1. The first-order valence-corrected chi connectivity index (χ1v) is 9.09. The fraction of sp³-hybridized carbons (Fsp3) is 0.400. The molecule has 2 heterocycles. The van der Waals surface area contributed by atoms with Gasteiger partial charge in [-0.1, -0.05) is 13.8 Å². The normalized spacial score (nSPS) is 15.2. The van der Waals surface area contributed by atoms with Crippen molar-refractivity contribution >= 4 is 28.8 Å². The highest BCUT2D eigenvalue weighted by Gasteiger charge is 2.14. The lowest BCUT2D eigenvalue weighted by molar-refractivity contribution is -0.118. The second-order valence-corrected chi connectivity index (χ2v) is 7.04. The number of nitrogens with zero attached hydrogens (tertiary/aromatic N) is 3. The van der Waals surface area contributed by atoms with E-state index in [-0.39, 0.29) is 11.8 Å². The van der Waals surface area contributed by atoms with Gasteiger partial charge in [0.05, 0.1) is 11.9 Å². The number of anilines is 4. The van der Waals surface area contributed by atoms with E-state index in [4.69, 9.17) is 0 Å². The molecular formula is C20H27N5O. The molecular weight excluding hydrogens is 326 g/mol. The van der Waals surface area contributed by atoms with Crippen LogP contribution in [-0.4, -0.2) is 49.0 Å². The van der Waals surface area contributed by atoms with Gasteiger partial charge >= 0.3 is 0 Å². The number of rotatable bonds is 5. The summed E-state index contributed by atoms with van der Waals surface area (Å²) in [5.74, 6) is 0.693. The van der Waals surface area contributed by atoms with E-state index in [0.717, 1.165) is 37.7 Å². The van der Waals surface area contributed by atoms with Gasteiger partial charge in [0.2, 0.25) is 5.91 Å². The Morgan fingerprint density at radius 3 is 2.23 bits per heavy atom. The quantitative estimate of drug-likeness (QED) is 0.865. The number of likely N-dealkylation sites (N-methyl/N-ethyl adjacent to an activating group) is 1. The summed E-state index contributed by atoms with van der Waals surface area (Å²) < 4.78 is 0. The number of hydrogen-bond acceptors (Lipinski definition) is 5. The minimum absolute atomic E-state index is 0.00740. The fourth-order valence-electron chi connectivity index (χ4n) is 2.80. The summed E-state index contributed by atoms with van der Waals surface area (Å²) in [6, 6.07) is 12.2. The van der Waals surface area contributed by atoms with E-state index in [0.29, 0.717) is 5.69 Å². The SMILES string of the molecule is CC(C)C(=O)Nc1ccc(Nc2ccc(N3CCN(C)CC3)cc2)nc1. The van der Waals surface area contributed by atoms with E-state index in [2.05, 4.69) is 56.7 Å². The van der Waals surface area contributed by atoms with Crippen molar-refractivity contribution in [2.24, 2.45) is 5.92 Å². The molecule has 2 aromatic rings. The van der Waals surface area contributed by atoms with Crippen molar-refractivity contribution in [2.45, 2.75) is 13.8 Å². The van der Waals surface area contributed by atoms with Crippen LogP contribution in [0.2, 0.25) is 0 Å². The molecule has 6 nitrogen and oxygen atoms in total. The highest BCUT2D eigenvalue weighted by molar-refractivity contribution is 5.91. The van der Waals surface area contributed by atoms with Crippen LogP contribution in [0.4, 0.5) is 22.9 Å². The molecule has 1 amide bonds. The third-order valence-corrected chi connectivity index (χ3v) is 4.56. The van der Waals surface area contributed by atoms with Gasteiger partial charge in [-0.05, 0) is 43.4 Å². The highest BCUT2D eigenvalue weighted by Crippen LogP contribution is 2.22. The van der Waals surface area contributed by atoms with E-state index < -0.39 is 0 Å². The maximum Gasteiger partial charge on any atom is 0.226 e. The third-order valence-electron chi connectivity index (χ3n) is 4.56. The lowest BCUT2D eigenvalue weighted by Crippen LogP contribution is -2.44. The molecule has 1 saturated heterocycles. The predicted molar refractivity (Wildman–Crippen MR) is 107 cm³/mol. The second-order valence-electron chi connectivity index (χ2n) is 7.04. The molecule has 0 bridgehead atoms. The molecule has 0 saturated carbocycles. The lowest BCUT2D eigenvalue weighted by Gasteiger charge is -2.34. The number of hydrogen-bond donors (Lipinski definition) is 2. The molecule has 3 rings (SSSR count). The van der Waals surface area contributed by atoms with Gasteiger partial charge in [0.25, 0.3) is 0 Å². The van der Waals surface area contributed by atoms with Crippen LogP contribution >= 0.6 is 0 Å². The molecule has 138 valence electrons. The molecule has 1 aromatic heterocycles. The van der Waals surface area contributed by atoms with Gasteiger partial charge in [-0.3, -0.25) is 4.79 Å². The summed E-state index contributed by atoms with van der Waals surface area (Å²) in [6.07, 6.45) is 1.67. The van der Waals surface area contributed by atoms with Crippen molar-refractivity contribution < 1.29 is 4.79 Å². The summed E-state index contributed by atoms with van der Waals surface area (Å²) in [6.45, 7) is 8.06. The van der Waals surface area contributed by atoms with Crippen molar-refractivity contribution in [2.75, 3.05) is 48.8 Å². The van der Waals surface area contributed by atoms with E-state index >= 15 is 0 Å². The summed E-state index contributed by atoms with van der Waals surface area (Å²) in [5, 5.41) is 6.14. The zero-order valence-corrected chi connectivity index (χ0v) is 15.7. The Bertz CT molecular complexity index is 719. The standard InChI is InChI=1S/C20H27N5O/c1-15(2)20(26)23-17-6-9-19(21-14-17)22-16-4-7-18(8-5-16)25-12-10-24(3)11-13-25/h4-9,14-15H,10-13H2,1-3H3,(H,21,22)(H,23,26). The Morgan fingerprint density at radius 2 is 1.65 bits per heavy atom. The van der Waals surface area contributed by atoms with Crippen molar-refractivity contribution in [3.8, 4) is 0 Å². The van der Waals surface area contributed by atoms with E-state index in [9.17, 15) is 4.79 Å². The van der Waals surface area contributed by atoms with Gasteiger partial charge in [0, 0.05) is 43.5 Å². The monoisotopic (exact) mass is 353 g/mol. The number of aromatic nitrogens is 1. The van der Waals surface area contributed by atoms with Gasteiger partial charge in [-0.25, -0.2) is 4.98 Å². The minimum atomic E-state index is -0.0494. The lowest BCUT2D eigenvalue weighted by atomic mass is 10.2. The van der Waals surface area contributed by atoms with Crippen LogP contribution in [0.1, 0.15) is 13.8 Å². The molecule has 6 heteroatoms. The van der Waals surface area contributed by atoms with Crippen molar-refractivity contribution in [1.29, 1.82) is 0 Å². The number of amides is 1. The largest absolute Gasteiger partial charge is 0.369 e. The third kappa shape index (κ3) is 4.73. The van der Waals surface area contributed by atoms with Crippen LogP contribution in [0, 0.1) is 5.92 Å². The number of piperazine rings is 1. The minimum Gasteiger partial charge on any atom is -0.369 e. The molecule has 0 spiro atoms. The van der Waals surface area contributed by atoms with Crippen LogP contribution in [-0.2, 0) is 4.79 Å². The first-order chi connectivity index (χ1) is 12.5. The Hall–Kier alpha value is -2.60. The molecule has 1 aliphatic heterocycles. The molecule has 2 N–H and O–H groups in total. The number of nitrogens with one attached hydrogen (secondary N) is 2. The van der Waals surface area contributed by atoms with Gasteiger partial charge in [-0.15, -0.1) is 0 Å². The van der Waals surface area contributed by atoms with Crippen LogP contribution in [0.15, 0.2) is 42.6 Å². The molecule has 0 unspecified atom stereocenters. The maximum atomic E-state index is 11.7. The van der Waals surface area contributed by atoms with Gasteiger partial charge < -0.3 is 20.4 Å².